The second kappa shape index (κ2) is 5.14. The molecular weight excluding hydrogens is 200 g/mol. The van der Waals surface area contributed by atoms with Crippen LogP contribution >= 0.6 is 12.6 Å². The van der Waals surface area contributed by atoms with Crippen molar-refractivity contribution in [3.8, 4) is 0 Å². The molecule has 0 aliphatic heterocycles. The van der Waals surface area contributed by atoms with E-state index >= 15 is 0 Å². The summed E-state index contributed by atoms with van der Waals surface area (Å²) in [5, 5.41) is 18.9. The van der Waals surface area contributed by atoms with Gasteiger partial charge < -0.3 is 10.2 Å². The van der Waals surface area contributed by atoms with Crippen molar-refractivity contribution in [1.82, 2.24) is 0 Å². The van der Waals surface area contributed by atoms with Crippen LogP contribution in [0.1, 0.15) is 22.0 Å². The number of aliphatic hydroxyl groups is 2. The fraction of sp³-hybridized carbons (Fsp3) is 0.300. The van der Waals surface area contributed by atoms with Gasteiger partial charge in [-0.25, -0.2) is 0 Å². The molecule has 0 heterocycles. The van der Waals surface area contributed by atoms with Crippen LogP contribution < -0.4 is 0 Å². The number of thiol groups is 1. The van der Waals surface area contributed by atoms with Crippen LogP contribution in [0.2, 0.25) is 0 Å². The Morgan fingerprint density at radius 3 is 2.71 bits per heavy atom. The summed E-state index contributed by atoms with van der Waals surface area (Å²) in [4.78, 5) is 10.5. The quantitative estimate of drug-likeness (QED) is 0.511. The van der Waals surface area contributed by atoms with Gasteiger partial charge in [0.2, 0.25) is 0 Å². The molecule has 14 heavy (non-hydrogen) atoms. The van der Waals surface area contributed by atoms with Gasteiger partial charge in [0.05, 0.1) is 6.10 Å². The van der Waals surface area contributed by atoms with Crippen molar-refractivity contribution in [2.75, 3.05) is 5.75 Å². The third-order valence-corrected chi connectivity index (χ3v) is 2.31. The molecule has 3 nitrogen and oxygen atoms in total. The van der Waals surface area contributed by atoms with Crippen molar-refractivity contribution in [2.45, 2.75) is 12.2 Å². The maximum Gasteiger partial charge on any atom is 0.150 e. The van der Waals surface area contributed by atoms with E-state index in [4.69, 9.17) is 0 Å². The molecule has 4 heteroatoms. The molecule has 0 amide bonds. The minimum absolute atomic E-state index is 0.173. The first-order chi connectivity index (χ1) is 6.69. The lowest BCUT2D eigenvalue weighted by molar-refractivity contribution is 0.0337. The van der Waals surface area contributed by atoms with E-state index in [9.17, 15) is 15.0 Å². The van der Waals surface area contributed by atoms with Gasteiger partial charge in [0.1, 0.15) is 12.4 Å². The van der Waals surface area contributed by atoms with Crippen LogP contribution in [0.5, 0.6) is 0 Å². The molecule has 0 radical (unpaired) electrons. The molecule has 2 unspecified atom stereocenters. The number of rotatable bonds is 4. The van der Waals surface area contributed by atoms with Gasteiger partial charge in [-0.3, -0.25) is 4.79 Å². The molecule has 1 aromatic rings. The van der Waals surface area contributed by atoms with Gasteiger partial charge in [-0.15, -0.1) is 0 Å². The second-order valence-corrected chi connectivity index (χ2v) is 3.35. The molecule has 0 bridgehead atoms. The van der Waals surface area contributed by atoms with E-state index in [1.54, 1.807) is 24.3 Å². The molecule has 0 aliphatic rings. The maximum atomic E-state index is 10.5. The van der Waals surface area contributed by atoms with Crippen molar-refractivity contribution < 1.29 is 15.0 Å². The first kappa shape index (κ1) is 11.2. The van der Waals surface area contributed by atoms with Gasteiger partial charge in [-0.05, 0) is 11.6 Å². The van der Waals surface area contributed by atoms with Crippen LogP contribution in [0, 0.1) is 0 Å². The molecule has 2 N–H and O–H groups in total. The highest BCUT2D eigenvalue weighted by atomic mass is 32.1. The Morgan fingerprint density at radius 2 is 2.14 bits per heavy atom. The number of hydrogen-bond donors (Lipinski definition) is 3. The number of carbonyl (C=O) groups excluding carboxylic acids is 1. The van der Waals surface area contributed by atoms with Crippen LogP contribution in [-0.4, -0.2) is 28.4 Å². The lowest BCUT2D eigenvalue weighted by atomic mass is 10.0. The van der Waals surface area contributed by atoms with E-state index in [1.165, 1.54) is 0 Å². The Balaban J connectivity index is 2.89. The summed E-state index contributed by atoms with van der Waals surface area (Å²) < 4.78 is 0. The highest BCUT2D eigenvalue weighted by Gasteiger charge is 2.16. The molecule has 0 saturated carbocycles. The smallest absolute Gasteiger partial charge is 0.150 e. The van der Waals surface area contributed by atoms with Crippen LogP contribution in [0.3, 0.4) is 0 Å². The van der Waals surface area contributed by atoms with E-state index in [-0.39, 0.29) is 5.75 Å². The predicted octanol–water partition coefficient (Wildman–Crippen LogP) is 0.823. The summed E-state index contributed by atoms with van der Waals surface area (Å²) in [6.07, 6.45) is -1.21. The van der Waals surface area contributed by atoms with Gasteiger partial charge in [0, 0.05) is 11.3 Å². The summed E-state index contributed by atoms with van der Waals surface area (Å²) in [5.41, 5.74) is 1.00. The average Bonchev–Trinajstić information content (AvgIpc) is 2.27. The normalized spacial score (nSPS) is 14.8. The van der Waals surface area contributed by atoms with Gasteiger partial charge >= 0.3 is 0 Å². The minimum Gasteiger partial charge on any atom is -0.389 e. The lowest BCUT2D eigenvalue weighted by Crippen LogP contribution is -2.19. The molecule has 2 atom stereocenters. The predicted molar refractivity (Wildman–Crippen MR) is 56.6 cm³/mol. The molecule has 0 aliphatic carbocycles. The summed E-state index contributed by atoms with van der Waals surface area (Å²) in [6, 6.07) is 6.50. The van der Waals surface area contributed by atoms with Crippen molar-refractivity contribution in [1.29, 1.82) is 0 Å². The highest BCUT2D eigenvalue weighted by molar-refractivity contribution is 7.80. The zero-order valence-electron chi connectivity index (χ0n) is 7.50. The molecule has 76 valence electrons. The van der Waals surface area contributed by atoms with Gasteiger partial charge in [-0.2, -0.15) is 12.6 Å². The van der Waals surface area contributed by atoms with Gasteiger partial charge in [0.15, 0.2) is 0 Å². The van der Waals surface area contributed by atoms with E-state index in [2.05, 4.69) is 12.6 Å². The SMILES string of the molecule is O=Cc1cccc(C(O)C(O)CS)c1. The van der Waals surface area contributed by atoms with Crippen LogP contribution in [0.25, 0.3) is 0 Å². The van der Waals surface area contributed by atoms with Crippen LogP contribution in [0.4, 0.5) is 0 Å². The summed E-state index contributed by atoms with van der Waals surface area (Å²) in [5.74, 6) is 0.173. The molecule has 1 aromatic carbocycles. The topological polar surface area (TPSA) is 57.5 Å². The molecule has 0 aromatic heterocycles. The van der Waals surface area contributed by atoms with Gasteiger partial charge in [0.25, 0.3) is 0 Å². The molecule has 1 rings (SSSR count). The van der Waals surface area contributed by atoms with E-state index < -0.39 is 12.2 Å². The Bertz CT molecular complexity index is 314. The Morgan fingerprint density at radius 1 is 1.43 bits per heavy atom. The monoisotopic (exact) mass is 212 g/mol. The van der Waals surface area contributed by atoms with Crippen LogP contribution in [0.15, 0.2) is 24.3 Å². The fourth-order valence-electron chi connectivity index (χ4n) is 1.14. The van der Waals surface area contributed by atoms with Crippen molar-refractivity contribution in [2.24, 2.45) is 0 Å². The standard InChI is InChI=1S/C10H12O3S/c11-5-7-2-1-3-8(4-7)10(13)9(12)6-14/h1-5,9-10,12-14H,6H2. The second-order valence-electron chi connectivity index (χ2n) is 2.98. The molecule has 0 spiro atoms. The zero-order chi connectivity index (χ0) is 10.6. The fourth-order valence-corrected chi connectivity index (χ4v) is 1.34. The number of aldehydes is 1. The van der Waals surface area contributed by atoms with E-state index in [1.807, 2.05) is 0 Å². The maximum absolute atomic E-state index is 10.5. The van der Waals surface area contributed by atoms with Gasteiger partial charge in [-0.1, -0.05) is 18.2 Å². The number of hydrogen-bond acceptors (Lipinski definition) is 4. The summed E-state index contributed by atoms with van der Waals surface area (Å²) in [6.45, 7) is 0. The minimum atomic E-state index is -0.993. The third-order valence-electron chi connectivity index (χ3n) is 1.94. The van der Waals surface area contributed by atoms with E-state index in [0.29, 0.717) is 17.4 Å². The first-order valence-electron chi connectivity index (χ1n) is 4.21. The number of benzene rings is 1. The van der Waals surface area contributed by atoms with E-state index in [0.717, 1.165) is 0 Å². The summed E-state index contributed by atoms with van der Waals surface area (Å²) in [7, 11) is 0. The average molecular weight is 212 g/mol. The van der Waals surface area contributed by atoms with Crippen molar-refractivity contribution in [3.05, 3.63) is 35.4 Å². The van der Waals surface area contributed by atoms with Crippen LogP contribution in [-0.2, 0) is 0 Å². The lowest BCUT2D eigenvalue weighted by Gasteiger charge is -2.16. The molecule has 0 saturated heterocycles. The number of aliphatic hydroxyl groups excluding tert-OH is 2. The molecular formula is C10H12O3S. The Hall–Kier alpha value is -0.840. The van der Waals surface area contributed by atoms with Crippen molar-refractivity contribution >= 4 is 18.9 Å². The highest BCUT2D eigenvalue weighted by Crippen LogP contribution is 2.18. The summed E-state index contributed by atoms with van der Waals surface area (Å²) >= 11 is 3.87. The van der Waals surface area contributed by atoms with Crippen molar-refractivity contribution in [3.63, 3.8) is 0 Å². The zero-order valence-corrected chi connectivity index (χ0v) is 8.39. The Kier molecular flexibility index (Phi) is 4.13. The third kappa shape index (κ3) is 2.57. The Labute approximate surface area is 87.8 Å². The first-order valence-corrected chi connectivity index (χ1v) is 4.84. The molecule has 0 fully saturated rings. The number of carbonyl (C=O) groups is 1. The largest absolute Gasteiger partial charge is 0.389 e.